The first-order valence-corrected chi connectivity index (χ1v) is 3.75. The van der Waals surface area contributed by atoms with E-state index in [1.807, 2.05) is 6.92 Å². The molecular weight excluding hydrogens is 160 g/mol. The molecule has 0 aromatic rings. The Labute approximate surface area is 71.5 Å². The van der Waals surface area contributed by atoms with Crippen LogP contribution in [0.15, 0.2) is 0 Å². The molecule has 70 valence electrons. The van der Waals surface area contributed by atoms with E-state index in [0.29, 0.717) is 0 Å². The molecule has 5 nitrogen and oxygen atoms in total. The quantitative estimate of drug-likeness (QED) is 0.518. The third-order valence-corrected chi connectivity index (χ3v) is 1.19. The molecule has 0 unspecified atom stereocenters. The summed E-state index contributed by atoms with van der Waals surface area (Å²) in [6.45, 7) is 2.79. The second-order valence-electron chi connectivity index (χ2n) is 2.13. The minimum atomic E-state index is -0.445. The van der Waals surface area contributed by atoms with Crippen LogP contribution in [-0.4, -0.2) is 38.6 Å². The molecule has 0 saturated carbocycles. The zero-order chi connectivity index (χ0) is 9.40. The third-order valence-electron chi connectivity index (χ3n) is 1.19. The number of hydrogen-bond donors (Lipinski definition) is 2. The van der Waals surface area contributed by atoms with Crippen molar-refractivity contribution in [3.8, 4) is 0 Å². The molecule has 0 rings (SSSR count). The lowest BCUT2D eigenvalue weighted by Crippen LogP contribution is -2.37. The van der Waals surface area contributed by atoms with Gasteiger partial charge in [0.15, 0.2) is 0 Å². The summed E-state index contributed by atoms with van der Waals surface area (Å²) in [7, 11) is 1.28. The molecule has 0 heterocycles. The summed E-state index contributed by atoms with van der Waals surface area (Å²) in [5.74, 6) is -0.651. The zero-order valence-corrected chi connectivity index (χ0v) is 7.35. The summed E-state index contributed by atoms with van der Waals surface area (Å²) < 4.78 is 4.33. The lowest BCUT2D eigenvalue weighted by Gasteiger charge is -2.03. The van der Waals surface area contributed by atoms with E-state index in [1.54, 1.807) is 0 Å². The number of ether oxygens (including phenoxy) is 1. The van der Waals surface area contributed by atoms with Crippen LogP contribution in [0.2, 0.25) is 0 Å². The van der Waals surface area contributed by atoms with Gasteiger partial charge in [-0.1, -0.05) is 6.92 Å². The van der Waals surface area contributed by atoms with Crippen LogP contribution in [0.1, 0.15) is 6.92 Å². The molecule has 1 amide bonds. The molecule has 0 aromatic carbocycles. The minimum Gasteiger partial charge on any atom is -0.468 e. The second-order valence-corrected chi connectivity index (χ2v) is 2.13. The smallest absolute Gasteiger partial charge is 0.325 e. The molecule has 2 N–H and O–H groups in total. The van der Waals surface area contributed by atoms with E-state index < -0.39 is 5.97 Å². The monoisotopic (exact) mass is 174 g/mol. The molecule has 5 heteroatoms. The van der Waals surface area contributed by atoms with Gasteiger partial charge in [0.05, 0.1) is 13.7 Å². The van der Waals surface area contributed by atoms with E-state index in [4.69, 9.17) is 0 Å². The van der Waals surface area contributed by atoms with Crippen molar-refractivity contribution < 1.29 is 14.3 Å². The fraction of sp³-hybridized carbons (Fsp3) is 0.714. The maximum Gasteiger partial charge on any atom is 0.325 e. The van der Waals surface area contributed by atoms with Gasteiger partial charge in [-0.3, -0.25) is 9.59 Å². The lowest BCUT2D eigenvalue weighted by atomic mass is 10.5. The van der Waals surface area contributed by atoms with Crippen LogP contribution in [0, 0.1) is 0 Å². The van der Waals surface area contributed by atoms with Gasteiger partial charge in [-0.15, -0.1) is 0 Å². The Balaban J connectivity index is 3.37. The van der Waals surface area contributed by atoms with Crippen LogP contribution < -0.4 is 10.6 Å². The number of nitrogens with one attached hydrogen (secondary N) is 2. The Bertz CT molecular complexity index is 159. The zero-order valence-electron chi connectivity index (χ0n) is 7.35. The highest BCUT2D eigenvalue weighted by molar-refractivity contribution is 5.83. The second kappa shape index (κ2) is 6.60. The molecule has 0 atom stereocenters. The molecule has 0 bridgehead atoms. The highest BCUT2D eigenvalue weighted by Gasteiger charge is 2.03. The molecule has 0 fully saturated rings. The van der Waals surface area contributed by atoms with Crippen molar-refractivity contribution in [2.75, 3.05) is 26.7 Å². The number of carbonyl (C=O) groups excluding carboxylic acids is 2. The van der Waals surface area contributed by atoms with Gasteiger partial charge in [-0.05, 0) is 6.54 Å². The van der Waals surface area contributed by atoms with E-state index in [1.165, 1.54) is 7.11 Å². The van der Waals surface area contributed by atoms with Gasteiger partial charge in [-0.25, -0.2) is 0 Å². The van der Waals surface area contributed by atoms with Crippen molar-refractivity contribution in [1.29, 1.82) is 0 Å². The van der Waals surface area contributed by atoms with Crippen LogP contribution in [-0.2, 0) is 14.3 Å². The Morgan fingerprint density at radius 1 is 1.33 bits per heavy atom. The van der Waals surface area contributed by atoms with E-state index in [0.717, 1.165) is 6.54 Å². The number of carbonyl (C=O) groups is 2. The number of methoxy groups -OCH3 is 1. The van der Waals surface area contributed by atoms with Gasteiger partial charge in [0.1, 0.15) is 6.54 Å². The van der Waals surface area contributed by atoms with E-state index in [-0.39, 0.29) is 19.0 Å². The van der Waals surface area contributed by atoms with Crippen LogP contribution in [0.4, 0.5) is 0 Å². The fourth-order valence-corrected chi connectivity index (χ4v) is 0.544. The number of hydrogen-bond acceptors (Lipinski definition) is 4. The standard InChI is InChI=1S/C7H14N2O3/c1-3-8-4-6(10)9-5-7(11)12-2/h8H,3-5H2,1-2H3,(H,9,10). The normalized spacial score (nSPS) is 9.17. The predicted molar refractivity (Wildman–Crippen MR) is 43.6 cm³/mol. The van der Waals surface area contributed by atoms with Crippen molar-refractivity contribution in [2.24, 2.45) is 0 Å². The maximum atomic E-state index is 10.8. The molecule has 0 spiro atoms. The van der Waals surface area contributed by atoms with Gasteiger partial charge in [0, 0.05) is 0 Å². The van der Waals surface area contributed by atoms with Crippen molar-refractivity contribution in [1.82, 2.24) is 10.6 Å². The van der Waals surface area contributed by atoms with E-state index >= 15 is 0 Å². The maximum absolute atomic E-state index is 10.8. The largest absolute Gasteiger partial charge is 0.468 e. The predicted octanol–water partition coefficient (Wildman–Crippen LogP) is -1.11. The highest BCUT2D eigenvalue weighted by atomic mass is 16.5. The van der Waals surface area contributed by atoms with Gasteiger partial charge < -0.3 is 15.4 Å². The molecule has 0 saturated heterocycles. The highest BCUT2D eigenvalue weighted by Crippen LogP contribution is 1.70. The van der Waals surface area contributed by atoms with Gasteiger partial charge in [-0.2, -0.15) is 0 Å². The molecule has 0 aromatic heterocycles. The summed E-state index contributed by atoms with van der Waals surface area (Å²) in [6, 6.07) is 0. The lowest BCUT2D eigenvalue weighted by molar-refractivity contribution is -0.141. The SMILES string of the molecule is CCNCC(=O)NCC(=O)OC. The summed E-state index contributed by atoms with van der Waals surface area (Å²) in [6.07, 6.45) is 0. The molecule has 12 heavy (non-hydrogen) atoms. The van der Waals surface area contributed by atoms with Gasteiger partial charge in [0.2, 0.25) is 5.91 Å². The van der Waals surface area contributed by atoms with Crippen molar-refractivity contribution in [3.05, 3.63) is 0 Å². The summed E-state index contributed by atoms with van der Waals surface area (Å²) >= 11 is 0. The van der Waals surface area contributed by atoms with Gasteiger partial charge >= 0.3 is 5.97 Å². The fourth-order valence-electron chi connectivity index (χ4n) is 0.544. The first kappa shape index (κ1) is 10.9. The number of rotatable bonds is 5. The molecule has 0 aliphatic rings. The third kappa shape index (κ3) is 5.67. The Hall–Kier alpha value is -1.10. The first-order valence-electron chi connectivity index (χ1n) is 3.75. The average Bonchev–Trinajstić information content (AvgIpc) is 2.10. The number of likely N-dealkylation sites (N-methyl/N-ethyl adjacent to an activating group) is 1. The first-order chi connectivity index (χ1) is 5.70. The van der Waals surface area contributed by atoms with Crippen molar-refractivity contribution >= 4 is 11.9 Å². The average molecular weight is 174 g/mol. The summed E-state index contributed by atoms with van der Waals surface area (Å²) in [5, 5.41) is 5.22. The van der Waals surface area contributed by atoms with Crippen LogP contribution >= 0.6 is 0 Å². The van der Waals surface area contributed by atoms with Gasteiger partial charge in [0.25, 0.3) is 0 Å². The Morgan fingerprint density at radius 2 is 2.00 bits per heavy atom. The topological polar surface area (TPSA) is 67.4 Å². The van der Waals surface area contributed by atoms with Crippen LogP contribution in [0.3, 0.4) is 0 Å². The van der Waals surface area contributed by atoms with Crippen molar-refractivity contribution in [3.63, 3.8) is 0 Å². The van der Waals surface area contributed by atoms with E-state index in [2.05, 4.69) is 15.4 Å². The molecule has 0 aliphatic heterocycles. The van der Waals surface area contributed by atoms with Crippen LogP contribution in [0.5, 0.6) is 0 Å². The van der Waals surface area contributed by atoms with Crippen molar-refractivity contribution in [2.45, 2.75) is 6.92 Å². The Kier molecular flexibility index (Phi) is 6.00. The minimum absolute atomic E-state index is 0.0687. The number of amides is 1. The summed E-state index contributed by atoms with van der Waals surface area (Å²) in [5.41, 5.74) is 0. The molecular formula is C7H14N2O3. The van der Waals surface area contributed by atoms with E-state index in [9.17, 15) is 9.59 Å². The summed E-state index contributed by atoms with van der Waals surface area (Å²) in [4.78, 5) is 21.4. The van der Waals surface area contributed by atoms with Crippen LogP contribution in [0.25, 0.3) is 0 Å². The Morgan fingerprint density at radius 3 is 2.50 bits per heavy atom. The molecule has 0 radical (unpaired) electrons. The number of esters is 1. The molecule has 0 aliphatic carbocycles.